The van der Waals surface area contributed by atoms with Gasteiger partial charge >= 0.3 is 0 Å². The van der Waals surface area contributed by atoms with E-state index in [2.05, 4.69) is 43.0 Å². The minimum Gasteiger partial charge on any atom is -0.399 e. The molecule has 0 amide bonds. The van der Waals surface area contributed by atoms with Gasteiger partial charge in [-0.05, 0) is 58.3 Å². The summed E-state index contributed by atoms with van der Waals surface area (Å²) in [6.07, 6.45) is 1.19. The van der Waals surface area contributed by atoms with Gasteiger partial charge in [-0.1, -0.05) is 0 Å². The van der Waals surface area contributed by atoms with Crippen LogP contribution >= 0.6 is 0 Å². The van der Waals surface area contributed by atoms with Crippen molar-refractivity contribution < 1.29 is 0 Å². The summed E-state index contributed by atoms with van der Waals surface area (Å²) in [5.41, 5.74) is 7.77. The zero-order chi connectivity index (χ0) is 12.0. The predicted octanol–water partition coefficient (Wildman–Crippen LogP) is 2.05. The Hall–Kier alpha value is -1.22. The molecular weight excluding hydrogens is 198 g/mol. The van der Waals surface area contributed by atoms with Crippen LogP contribution in [0.15, 0.2) is 24.3 Å². The molecule has 0 saturated carbocycles. The molecule has 2 N–H and O–H groups in total. The number of nitrogens with zero attached hydrogens (tertiary/aromatic N) is 2. The molecule has 0 bridgehead atoms. The summed E-state index contributed by atoms with van der Waals surface area (Å²) in [7, 11) is 4.22. The van der Waals surface area contributed by atoms with Gasteiger partial charge in [0.05, 0.1) is 0 Å². The third-order valence-electron chi connectivity index (χ3n) is 2.67. The molecule has 0 aliphatic heterocycles. The monoisotopic (exact) mass is 221 g/mol. The van der Waals surface area contributed by atoms with Gasteiger partial charge in [0.15, 0.2) is 0 Å². The molecule has 0 spiro atoms. The Bertz CT molecular complexity index is 293. The molecule has 3 nitrogen and oxygen atoms in total. The van der Waals surface area contributed by atoms with Gasteiger partial charge < -0.3 is 15.5 Å². The van der Waals surface area contributed by atoms with E-state index in [0.29, 0.717) is 0 Å². The number of nitrogens with two attached hydrogens (primary N) is 1. The van der Waals surface area contributed by atoms with Crippen molar-refractivity contribution in [1.82, 2.24) is 4.90 Å². The van der Waals surface area contributed by atoms with Crippen molar-refractivity contribution in [2.75, 3.05) is 44.4 Å². The summed E-state index contributed by atoms with van der Waals surface area (Å²) in [6, 6.07) is 8.11. The molecule has 0 atom stereocenters. The Morgan fingerprint density at radius 1 is 1.06 bits per heavy atom. The molecule has 1 aromatic carbocycles. The number of anilines is 2. The van der Waals surface area contributed by atoms with Gasteiger partial charge in [-0.25, -0.2) is 0 Å². The zero-order valence-corrected chi connectivity index (χ0v) is 10.6. The second kappa shape index (κ2) is 6.38. The predicted molar refractivity (Wildman–Crippen MR) is 71.9 cm³/mol. The van der Waals surface area contributed by atoms with Crippen LogP contribution in [0.1, 0.15) is 13.3 Å². The lowest BCUT2D eigenvalue weighted by molar-refractivity contribution is 0.400. The van der Waals surface area contributed by atoms with Crippen molar-refractivity contribution in [2.24, 2.45) is 0 Å². The Kier molecular flexibility index (Phi) is 5.12. The molecule has 0 heterocycles. The van der Waals surface area contributed by atoms with E-state index >= 15 is 0 Å². The maximum Gasteiger partial charge on any atom is 0.0367 e. The molecule has 0 radical (unpaired) electrons. The number of hydrogen-bond donors (Lipinski definition) is 1. The first-order valence-electron chi connectivity index (χ1n) is 5.88. The van der Waals surface area contributed by atoms with Crippen LogP contribution in [0.25, 0.3) is 0 Å². The lowest BCUT2D eigenvalue weighted by Crippen LogP contribution is -2.26. The van der Waals surface area contributed by atoms with Crippen LogP contribution in [-0.2, 0) is 0 Å². The van der Waals surface area contributed by atoms with Crippen LogP contribution in [0, 0.1) is 0 Å². The molecule has 0 saturated heterocycles. The first-order chi connectivity index (χ1) is 7.63. The van der Waals surface area contributed by atoms with Gasteiger partial charge in [0.1, 0.15) is 0 Å². The summed E-state index contributed by atoms with van der Waals surface area (Å²) in [4.78, 5) is 4.60. The summed E-state index contributed by atoms with van der Waals surface area (Å²) in [5.74, 6) is 0. The number of rotatable bonds is 6. The first kappa shape index (κ1) is 12.8. The smallest absolute Gasteiger partial charge is 0.0367 e. The third kappa shape index (κ3) is 4.11. The molecule has 90 valence electrons. The average Bonchev–Trinajstić information content (AvgIpc) is 2.26. The largest absolute Gasteiger partial charge is 0.399 e. The van der Waals surface area contributed by atoms with Crippen molar-refractivity contribution in [1.29, 1.82) is 0 Å². The molecule has 3 heteroatoms. The SMILES string of the molecule is CCN(CCCN(C)C)c1ccc(N)cc1. The van der Waals surface area contributed by atoms with Gasteiger partial charge in [-0.2, -0.15) is 0 Å². The lowest BCUT2D eigenvalue weighted by atomic mass is 10.2. The molecule has 16 heavy (non-hydrogen) atoms. The number of nitrogen functional groups attached to an aromatic ring is 1. The molecule has 0 unspecified atom stereocenters. The summed E-state index contributed by atoms with van der Waals surface area (Å²) >= 11 is 0. The van der Waals surface area contributed by atoms with Crippen molar-refractivity contribution in [2.45, 2.75) is 13.3 Å². The minimum absolute atomic E-state index is 0.827. The Morgan fingerprint density at radius 2 is 1.69 bits per heavy atom. The van der Waals surface area contributed by atoms with E-state index < -0.39 is 0 Å². The standard InChI is InChI=1S/C13H23N3/c1-4-16(11-5-10-15(2)3)13-8-6-12(14)7-9-13/h6-9H,4-5,10-11,14H2,1-3H3. The molecular formula is C13H23N3. The topological polar surface area (TPSA) is 32.5 Å². The maximum absolute atomic E-state index is 5.68. The summed E-state index contributed by atoms with van der Waals surface area (Å²) in [6.45, 7) is 5.45. The second-order valence-electron chi connectivity index (χ2n) is 4.33. The fraction of sp³-hybridized carbons (Fsp3) is 0.538. The second-order valence-corrected chi connectivity index (χ2v) is 4.33. The number of hydrogen-bond acceptors (Lipinski definition) is 3. The highest BCUT2D eigenvalue weighted by Crippen LogP contribution is 2.16. The molecule has 0 aliphatic rings. The van der Waals surface area contributed by atoms with E-state index in [1.165, 1.54) is 12.1 Å². The third-order valence-corrected chi connectivity index (χ3v) is 2.67. The van der Waals surface area contributed by atoms with Crippen LogP contribution in [0.2, 0.25) is 0 Å². The van der Waals surface area contributed by atoms with Gasteiger partial charge in [-0.3, -0.25) is 0 Å². The van der Waals surface area contributed by atoms with E-state index in [-0.39, 0.29) is 0 Å². The van der Waals surface area contributed by atoms with E-state index in [9.17, 15) is 0 Å². The fourth-order valence-corrected chi connectivity index (χ4v) is 1.73. The van der Waals surface area contributed by atoms with Gasteiger partial charge in [0.25, 0.3) is 0 Å². The summed E-state index contributed by atoms with van der Waals surface area (Å²) in [5, 5.41) is 0. The first-order valence-corrected chi connectivity index (χ1v) is 5.88. The minimum atomic E-state index is 0.827. The Morgan fingerprint density at radius 3 is 2.19 bits per heavy atom. The Balaban J connectivity index is 2.50. The zero-order valence-electron chi connectivity index (χ0n) is 10.6. The van der Waals surface area contributed by atoms with Gasteiger partial charge in [-0.15, -0.1) is 0 Å². The Labute approximate surface area is 98.8 Å². The molecule has 1 rings (SSSR count). The van der Waals surface area contributed by atoms with Crippen LogP contribution in [-0.4, -0.2) is 38.6 Å². The fourth-order valence-electron chi connectivity index (χ4n) is 1.73. The number of benzene rings is 1. The van der Waals surface area contributed by atoms with Crippen LogP contribution in [0.3, 0.4) is 0 Å². The highest BCUT2D eigenvalue weighted by molar-refractivity contribution is 5.52. The normalized spacial score (nSPS) is 10.8. The highest BCUT2D eigenvalue weighted by atomic mass is 15.1. The molecule has 0 aromatic heterocycles. The maximum atomic E-state index is 5.68. The summed E-state index contributed by atoms with van der Waals surface area (Å²) < 4.78 is 0. The van der Waals surface area contributed by atoms with E-state index in [1.54, 1.807) is 0 Å². The van der Waals surface area contributed by atoms with E-state index in [4.69, 9.17) is 5.73 Å². The van der Waals surface area contributed by atoms with Crippen LogP contribution in [0.5, 0.6) is 0 Å². The van der Waals surface area contributed by atoms with Crippen molar-refractivity contribution in [3.8, 4) is 0 Å². The van der Waals surface area contributed by atoms with E-state index in [1.807, 2.05) is 12.1 Å². The quantitative estimate of drug-likeness (QED) is 0.746. The molecule has 0 aliphatic carbocycles. The van der Waals surface area contributed by atoms with E-state index in [0.717, 1.165) is 25.3 Å². The highest BCUT2D eigenvalue weighted by Gasteiger charge is 2.03. The lowest BCUT2D eigenvalue weighted by Gasteiger charge is -2.24. The molecule has 1 aromatic rings. The van der Waals surface area contributed by atoms with Gasteiger partial charge in [0.2, 0.25) is 0 Å². The average molecular weight is 221 g/mol. The van der Waals surface area contributed by atoms with Crippen molar-refractivity contribution >= 4 is 11.4 Å². The van der Waals surface area contributed by atoms with Gasteiger partial charge in [0, 0.05) is 24.5 Å². The van der Waals surface area contributed by atoms with Crippen LogP contribution < -0.4 is 10.6 Å². The van der Waals surface area contributed by atoms with Crippen LogP contribution in [0.4, 0.5) is 11.4 Å². The molecule has 0 fully saturated rings. The van der Waals surface area contributed by atoms with Crippen molar-refractivity contribution in [3.63, 3.8) is 0 Å². The van der Waals surface area contributed by atoms with Crippen molar-refractivity contribution in [3.05, 3.63) is 24.3 Å².